The second-order valence-corrected chi connectivity index (χ2v) is 6.42. The van der Waals surface area contributed by atoms with Crippen molar-refractivity contribution in [1.29, 1.82) is 0 Å². The minimum Gasteiger partial charge on any atom is -0.382 e. The summed E-state index contributed by atoms with van der Waals surface area (Å²) >= 11 is 0. The van der Waals surface area contributed by atoms with E-state index in [0.29, 0.717) is 12.5 Å². The number of hydrogen-bond donors (Lipinski definition) is 2. The molecule has 3 nitrogen and oxygen atoms in total. The van der Waals surface area contributed by atoms with E-state index in [1.54, 1.807) is 0 Å². The van der Waals surface area contributed by atoms with Gasteiger partial charge in [-0.05, 0) is 48.9 Å². The van der Waals surface area contributed by atoms with E-state index in [1.807, 2.05) is 19.1 Å². The standard InChI is InChI=1S/C18H28N2O/c1-4-18(21)20-15-11-9-14(10-12-15)19-17-8-6-5-7-16(17)13(2)3/h9-13,16-17,19H,4-8H2,1-3H3,(H,20,21). The third-order valence-electron chi connectivity index (χ3n) is 4.52. The summed E-state index contributed by atoms with van der Waals surface area (Å²) in [5.74, 6) is 1.55. The van der Waals surface area contributed by atoms with Gasteiger partial charge in [0, 0.05) is 23.8 Å². The van der Waals surface area contributed by atoms with Crippen LogP contribution in [0.3, 0.4) is 0 Å². The van der Waals surface area contributed by atoms with Gasteiger partial charge >= 0.3 is 0 Å². The van der Waals surface area contributed by atoms with E-state index in [4.69, 9.17) is 0 Å². The highest BCUT2D eigenvalue weighted by Crippen LogP contribution is 2.32. The minimum absolute atomic E-state index is 0.0582. The highest BCUT2D eigenvalue weighted by molar-refractivity contribution is 5.90. The molecule has 0 aromatic heterocycles. The Hall–Kier alpha value is -1.51. The monoisotopic (exact) mass is 288 g/mol. The number of nitrogens with one attached hydrogen (secondary N) is 2. The first-order valence-corrected chi connectivity index (χ1v) is 8.26. The van der Waals surface area contributed by atoms with E-state index in [9.17, 15) is 4.79 Å². The van der Waals surface area contributed by atoms with Crippen molar-refractivity contribution >= 4 is 17.3 Å². The number of amides is 1. The fourth-order valence-corrected chi connectivity index (χ4v) is 3.25. The molecular weight excluding hydrogens is 260 g/mol. The van der Waals surface area contributed by atoms with Crippen molar-refractivity contribution in [3.05, 3.63) is 24.3 Å². The first-order valence-electron chi connectivity index (χ1n) is 8.26. The lowest BCUT2D eigenvalue weighted by Crippen LogP contribution is -2.35. The molecule has 2 rings (SSSR count). The highest BCUT2D eigenvalue weighted by Gasteiger charge is 2.27. The second-order valence-electron chi connectivity index (χ2n) is 6.42. The second kappa shape index (κ2) is 7.48. The molecule has 116 valence electrons. The van der Waals surface area contributed by atoms with Gasteiger partial charge in [-0.25, -0.2) is 0 Å². The van der Waals surface area contributed by atoms with Crippen LogP contribution in [0.1, 0.15) is 52.9 Å². The molecular formula is C18H28N2O. The van der Waals surface area contributed by atoms with E-state index >= 15 is 0 Å². The average Bonchev–Trinajstić information content (AvgIpc) is 2.49. The molecule has 3 heteroatoms. The van der Waals surface area contributed by atoms with E-state index in [2.05, 4.69) is 36.6 Å². The maximum absolute atomic E-state index is 11.4. The van der Waals surface area contributed by atoms with Gasteiger partial charge in [-0.2, -0.15) is 0 Å². The van der Waals surface area contributed by atoms with Crippen LogP contribution in [0.25, 0.3) is 0 Å². The molecule has 1 aromatic rings. The third kappa shape index (κ3) is 4.48. The van der Waals surface area contributed by atoms with Gasteiger partial charge in [-0.1, -0.05) is 33.6 Å². The molecule has 0 aliphatic heterocycles. The Morgan fingerprint density at radius 3 is 2.38 bits per heavy atom. The van der Waals surface area contributed by atoms with Crippen LogP contribution in [0.5, 0.6) is 0 Å². The molecule has 1 amide bonds. The average molecular weight is 288 g/mol. The van der Waals surface area contributed by atoms with Gasteiger partial charge in [0.05, 0.1) is 0 Å². The SMILES string of the molecule is CCC(=O)Nc1ccc(NC2CCCCC2C(C)C)cc1. The van der Waals surface area contributed by atoms with Crippen molar-refractivity contribution in [2.24, 2.45) is 11.8 Å². The molecule has 1 aliphatic rings. The fourth-order valence-electron chi connectivity index (χ4n) is 3.25. The van der Waals surface area contributed by atoms with Crippen LogP contribution in [0, 0.1) is 11.8 Å². The summed E-state index contributed by atoms with van der Waals surface area (Å²) in [5, 5.41) is 6.58. The van der Waals surface area contributed by atoms with Crippen molar-refractivity contribution in [2.75, 3.05) is 10.6 Å². The van der Waals surface area contributed by atoms with E-state index in [-0.39, 0.29) is 5.91 Å². The largest absolute Gasteiger partial charge is 0.382 e. The molecule has 1 aliphatic carbocycles. The number of carbonyl (C=O) groups is 1. The fraction of sp³-hybridized carbons (Fsp3) is 0.611. The van der Waals surface area contributed by atoms with Crippen LogP contribution >= 0.6 is 0 Å². The summed E-state index contributed by atoms with van der Waals surface area (Å²) in [7, 11) is 0. The number of carbonyl (C=O) groups excluding carboxylic acids is 1. The smallest absolute Gasteiger partial charge is 0.224 e. The lowest BCUT2D eigenvalue weighted by molar-refractivity contribution is -0.115. The first-order chi connectivity index (χ1) is 10.1. The Bertz CT molecular complexity index is 453. The maximum atomic E-state index is 11.4. The van der Waals surface area contributed by atoms with Crippen molar-refractivity contribution in [2.45, 2.75) is 58.9 Å². The molecule has 2 atom stereocenters. The molecule has 0 bridgehead atoms. The quantitative estimate of drug-likeness (QED) is 0.827. The predicted octanol–water partition coefficient (Wildman–Crippen LogP) is 4.66. The molecule has 1 saturated carbocycles. The first kappa shape index (κ1) is 15.9. The van der Waals surface area contributed by atoms with E-state index in [1.165, 1.54) is 25.7 Å². The maximum Gasteiger partial charge on any atom is 0.224 e. The summed E-state index contributed by atoms with van der Waals surface area (Å²) in [6.45, 7) is 6.52. The van der Waals surface area contributed by atoms with E-state index < -0.39 is 0 Å². The molecule has 2 unspecified atom stereocenters. The summed E-state index contributed by atoms with van der Waals surface area (Å²) in [4.78, 5) is 11.4. The molecule has 0 saturated heterocycles. The van der Waals surface area contributed by atoms with Crippen molar-refractivity contribution < 1.29 is 4.79 Å². The summed E-state index contributed by atoms with van der Waals surface area (Å²) in [6.07, 6.45) is 5.80. The summed E-state index contributed by atoms with van der Waals surface area (Å²) < 4.78 is 0. The van der Waals surface area contributed by atoms with Crippen molar-refractivity contribution in [1.82, 2.24) is 0 Å². The molecule has 21 heavy (non-hydrogen) atoms. The zero-order valence-electron chi connectivity index (χ0n) is 13.5. The molecule has 1 aromatic carbocycles. The van der Waals surface area contributed by atoms with Crippen molar-refractivity contribution in [3.8, 4) is 0 Å². The van der Waals surface area contributed by atoms with Gasteiger partial charge in [-0.15, -0.1) is 0 Å². The summed E-state index contributed by atoms with van der Waals surface area (Å²) in [6, 6.07) is 8.66. The number of benzene rings is 1. The van der Waals surface area contributed by atoms with Crippen molar-refractivity contribution in [3.63, 3.8) is 0 Å². The number of rotatable bonds is 5. The lowest BCUT2D eigenvalue weighted by Gasteiger charge is -2.35. The Balaban J connectivity index is 1.97. The molecule has 1 fully saturated rings. The van der Waals surface area contributed by atoms with Gasteiger partial charge in [0.15, 0.2) is 0 Å². The number of hydrogen-bond acceptors (Lipinski definition) is 2. The number of anilines is 2. The van der Waals surface area contributed by atoms with Crippen LogP contribution in [0.4, 0.5) is 11.4 Å². The molecule has 0 radical (unpaired) electrons. The van der Waals surface area contributed by atoms with Gasteiger partial charge in [-0.3, -0.25) is 4.79 Å². The third-order valence-corrected chi connectivity index (χ3v) is 4.52. The molecule has 0 spiro atoms. The minimum atomic E-state index is 0.0582. The predicted molar refractivity (Wildman–Crippen MR) is 89.6 cm³/mol. The zero-order chi connectivity index (χ0) is 15.2. The van der Waals surface area contributed by atoms with Gasteiger partial charge < -0.3 is 10.6 Å². The summed E-state index contributed by atoms with van der Waals surface area (Å²) in [5.41, 5.74) is 2.03. The normalized spacial score (nSPS) is 22.1. The van der Waals surface area contributed by atoms with E-state index in [0.717, 1.165) is 23.2 Å². The van der Waals surface area contributed by atoms with Crippen LogP contribution in [0.15, 0.2) is 24.3 Å². The van der Waals surface area contributed by atoms with Gasteiger partial charge in [0.2, 0.25) is 5.91 Å². The molecule has 2 N–H and O–H groups in total. The Morgan fingerprint density at radius 2 is 1.76 bits per heavy atom. The van der Waals surface area contributed by atoms with Crippen LogP contribution < -0.4 is 10.6 Å². The Kier molecular flexibility index (Phi) is 5.66. The topological polar surface area (TPSA) is 41.1 Å². The van der Waals surface area contributed by atoms with Crippen LogP contribution in [0.2, 0.25) is 0 Å². The lowest BCUT2D eigenvalue weighted by atomic mass is 9.78. The van der Waals surface area contributed by atoms with Gasteiger partial charge in [0.1, 0.15) is 0 Å². The highest BCUT2D eigenvalue weighted by atomic mass is 16.1. The molecule has 0 heterocycles. The Morgan fingerprint density at radius 1 is 1.14 bits per heavy atom. The van der Waals surface area contributed by atoms with Crippen LogP contribution in [-0.4, -0.2) is 11.9 Å². The zero-order valence-corrected chi connectivity index (χ0v) is 13.5. The Labute approximate surface area is 128 Å². The van der Waals surface area contributed by atoms with Gasteiger partial charge in [0.25, 0.3) is 0 Å². The van der Waals surface area contributed by atoms with Crippen LogP contribution in [-0.2, 0) is 4.79 Å².